The second-order valence-electron chi connectivity index (χ2n) is 4.34. The van der Waals surface area contributed by atoms with Crippen molar-refractivity contribution in [3.05, 3.63) is 24.3 Å². The van der Waals surface area contributed by atoms with Crippen molar-refractivity contribution < 1.29 is 10.0 Å². The molecule has 88 valence electrons. The van der Waals surface area contributed by atoms with Crippen LogP contribution in [0.15, 0.2) is 24.3 Å². The first-order valence-corrected chi connectivity index (χ1v) is 8.68. The minimum Gasteiger partial charge on any atom is -0.423 e. The fourth-order valence-electron chi connectivity index (χ4n) is 2.37. The van der Waals surface area contributed by atoms with Gasteiger partial charge < -0.3 is 10.0 Å². The molecule has 0 amide bonds. The lowest BCUT2D eigenvalue weighted by Crippen LogP contribution is -2.46. The first-order chi connectivity index (χ1) is 7.59. The summed E-state index contributed by atoms with van der Waals surface area (Å²) in [4.78, 5) is 0. The highest BCUT2D eigenvalue weighted by Crippen LogP contribution is 2.19. The highest BCUT2D eigenvalue weighted by Gasteiger charge is 2.29. The molecule has 16 heavy (non-hydrogen) atoms. The standard InChI is InChI=1S/C12H21BO2Si/c1-4-16(5-2,6-3)12-9-7-11(8-10-12)13(14)15/h7-10,14-15H,4-6H2,1-3H3. The summed E-state index contributed by atoms with van der Waals surface area (Å²) in [5.74, 6) is 0. The maximum Gasteiger partial charge on any atom is 0.488 e. The Bertz CT molecular complexity index is 312. The summed E-state index contributed by atoms with van der Waals surface area (Å²) in [7, 11) is -2.67. The molecule has 1 aromatic carbocycles. The molecule has 0 aromatic heterocycles. The molecule has 0 heterocycles. The normalized spacial score (nSPS) is 11.6. The van der Waals surface area contributed by atoms with Crippen LogP contribution in [0.25, 0.3) is 0 Å². The van der Waals surface area contributed by atoms with E-state index in [-0.39, 0.29) is 0 Å². The van der Waals surface area contributed by atoms with Gasteiger partial charge in [-0.1, -0.05) is 68.4 Å². The van der Waals surface area contributed by atoms with Gasteiger partial charge in [0.2, 0.25) is 0 Å². The smallest absolute Gasteiger partial charge is 0.423 e. The van der Waals surface area contributed by atoms with E-state index in [2.05, 4.69) is 32.9 Å². The molecule has 2 N–H and O–H groups in total. The van der Waals surface area contributed by atoms with Crippen LogP contribution < -0.4 is 10.6 Å². The zero-order chi connectivity index (χ0) is 12.2. The van der Waals surface area contributed by atoms with E-state index >= 15 is 0 Å². The highest BCUT2D eigenvalue weighted by molar-refractivity contribution is 6.91. The van der Waals surface area contributed by atoms with Crippen LogP contribution in [0.1, 0.15) is 20.8 Å². The Kier molecular flexibility index (Phi) is 4.77. The molecule has 4 heteroatoms. The molecule has 0 bridgehead atoms. The van der Waals surface area contributed by atoms with E-state index in [1.807, 2.05) is 12.1 Å². The molecule has 0 spiro atoms. The van der Waals surface area contributed by atoms with Crippen LogP contribution in [0.3, 0.4) is 0 Å². The van der Waals surface area contributed by atoms with Gasteiger partial charge in [0.15, 0.2) is 0 Å². The lowest BCUT2D eigenvalue weighted by Gasteiger charge is -2.28. The van der Waals surface area contributed by atoms with E-state index in [9.17, 15) is 0 Å². The second-order valence-corrected chi connectivity index (χ2v) is 9.60. The van der Waals surface area contributed by atoms with Crippen molar-refractivity contribution in [1.29, 1.82) is 0 Å². The molecule has 0 radical (unpaired) electrons. The van der Waals surface area contributed by atoms with Gasteiger partial charge in [-0.3, -0.25) is 0 Å². The van der Waals surface area contributed by atoms with Crippen LogP contribution >= 0.6 is 0 Å². The van der Waals surface area contributed by atoms with Crippen molar-refractivity contribution in [3.63, 3.8) is 0 Å². The predicted molar refractivity (Wildman–Crippen MR) is 73.1 cm³/mol. The summed E-state index contributed by atoms with van der Waals surface area (Å²) < 4.78 is 0. The van der Waals surface area contributed by atoms with Gasteiger partial charge in [-0.05, 0) is 5.46 Å². The van der Waals surface area contributed by atoms with Crippen LogP contribution in [-0.2, 0) is 0 Å². The average Bonchev–Trinajstić information content (AvgIpc) is 2.33. The first-order valence-electron chi connectivity index (χ1n) is 6.06. The van der Waals surface area contributed by atoms with Gasteiger partial charge in [0.05, 0.1) is 8.07 Å². The maximum atomic E-state index is 9.06. The van der Waals surface area contributed by atoms with Crippen LogP contribution in [0.2, 0.25) is 18.1 Å². The second kappa shape index (κ2) is 5.66. The SMILES string of the molecule is CC[Si](CC)(CC)c1ccc(B(O)O)cc1. The summed E-state index contributed by atoms with van der Waals surface area (Å²) in [6, 6.07) is 11.6. The Balaban J connectivity index is 3.03. The average molecular weight is 236 g/mol. The zero-order valence-electron chi connectivity index (χ0n) is 10.4. The van der Waals surface area contributed by atoms with Crippen LogP contribution in [-0.4, -0.2) is 25.2 Å². The highest BCUT2D eigenvalue weighted by atomic mass is 28.3. The van der Waals surface area contributed by atoms with E-state index in [4.69, 9.17) is 10.0 Å². The van der Waals surface area contributed by atoms with Crippen molar-refractivity contribution in [2.75, 3.05) is 0 Å². The zero-order valence-corrected chi connectivity index (χ0v) is 11.4. The molecule has 0 atom stereocenters. The first kappa shape index (κ1) is 13.5. The lowest BCUT2D eigenvalue weighted by molar-refractivity contribution is 0.426. The van der Waals surface area contributed by atoms with Gasteiger partial charge in [-0.25, -0.2) is 0 Å². The largest absolute Gasteiger partial charge is 0.488 e. The van der Waals surface area contributed by atoms with Crippen molar-refractivity contribution in [2.24, 2.45) is 0 Å². The van der Waals surface area contributed by atoms with Gasteiger partial charge >= 0.3 is 7.12 Å². The molecule has 0 aliphatic rings. The summed E-state index contributed by atoms with van der Waals surface area (Å²) in [6.45, 7) is 6.82. The minimum atomic E-state index is -1.35. The Hall–Kier alpha value is -0.578. The van der Waals surface area contributed by atoms with Gasteiger partial charge in [-0.15, -0.1) is 0 Å². The van der Waals surface area contributed by atoms with Gasteiger partial charge in [0.25, 0.3) is 0 Å². The van der Waals surface area contributed by atoms with Crippen LogP contribution in [0.4, 0.5) is 0 Å². The fraction of sp³-hybridized carbons (Fsp3) is 0.500. The monoisotopic (exact) mass is 236 g/mol. The predicted octanol–water partition coefficient (Wildman–Crippen LogP) is 1.08. The third kappa shape index (κ3) is 2.56. The molecule has 0 aliphatic heterocycles. The number of benzene rings is 1. The third-order valence-corrected chi connectivity index (χ3v) is 9.47. The van der Waals surface area contributed by atoms with Crippen molar-refractivity contribution >= 4 is 25.8 Å². The molecule has 0 saturated carbocycles. The van der Waals surface area contributed by atoms with Gasteiger partial charge in [0, 0.05) is 0 Å². The third-order valence-electron chi connectivity index (χ3n) is 3.85. The molecular formula is C12H21BO2Si. The molecule has 0 fully saturated rings. The quantitative estimate of drug-likeness (QED) is 0.751. The Morgan fingerprint density at radius 3 is 1.69 bits per heavy atom. The van der Waals surface area contributed by atoms with Gasteiger partial charge in [0.1, 0.15) is 0 Å². The van der Waals surface area contributed by atoms with E-state index in [0.29, 0.717) is 5.46 Å². The lowest BCUT2D eigenvalue weighted by atomic mass is 9.81. The molecule has 0 unspecified atom stereocenters. The summed E-state index contributed by atoms with van der Waals surface area (Å²) in [5, 5.41) is 19.5. The summed E-state index contributed by atoms with van der Waals surface area (Å²) >= 11 is 0. The molecule has 0 saturated heterocycles. The minimum absolute atomic E-state index is 0.579. The van der Waals surface area contributed by atoms with E-state index in [1.54, 1.807) is 0 Å². The Labute approximate surface area is 99.5 Å². The molecule has 0 aliphatic carbocycles. The summed E-state index contributed by atoms with van der Waals surface area (Å²) in [6.07, 6.45) is 0. The fourth-order valence-corrected chi connectivity index (χ4v) is 5.97. The number of rotatable bonds is 5. The van der Waals surface area contributed by atoms with E-state index in [0.717, 1.165) is 0 Å². The van der Waals surface area contributed by atoms with Crippen LogP contribution in [0.5, 0.6) is 0 Å². The van der Waals surface area contributed by atoms with E-state index < -0.39 is 15.2 Å². The van der Waals surface area contributed by atoms with Gasteiger partial charge in [-0.2, -0.15) is 0 Å². The molecule has 1 rings (SSSR count). The Morgan fingerprint density at radius 1 is 0.938 bits per heavy atom. The molecule has 2 nitrogen and oxygen atoms in total. The van der Waals surface area contributed by atoms with E-state index in [1.165, 1.54) is 23.3 Å². The maximum absolute atomic E-state index is 9.06. The topological polar surface area (TPSA) is 40.5 Å². The number of hydrogen-bond donors (Lipinski definition) is 2. The molecule has 1 aromatic rings. The van der Waals surface area contributed by atoms with Crippen molar-refractivity contribution in [3.8, 4) is 0 Å². The summed E-state index contributed by atoms with van der Waals surface area (Å²) in [5.41, 5.74) is 0.579. The van der Waals surface area contributed by atoms with Crippen LogP contribution in [0, 0.1) is 0 Å². The number of hydrogen-bond acceptors (Lipinski definition) is 2. The van der Waals surface area contributed by atoms with Crippen molar-refractivity contribution in [1.82, 2.24) is 0 Å². The van der Waals surface area contributed by atoms with Crippen molar-refractivity contribution in [2.45, 2.75) is 38.9 Å². The Morgan fingerprint density at radius 2 is 1.38 bits per heavy atom. The molecular weight excluding hydrogens is 215 g/mol.